The smallest absolute Gasteiger partial charge is 0.244 e. The number of para-hydroxylation sites is 1. The van der Waals surface area contributed by atoms with E-state index in [1.807, 2.05) is 29.7 Å². The van der Waals surface area contributed by atoms with Crippen molar-refractivity contribution < 1.29 is 4.79 Å². The van der Waals surface area contributed by atoms with Gasteiger partial charge in [0.1, 0.15) is 17.6 Å². The molecule has 1 amide bonds. The van der Waals surface area contributed by atoms with E-state index in [1.54, 1.807) is 11.3 Å². The molecule has 1 N–H and O–H groups in total. The number of fused-ring (bicyclic) bond motifs is 2. The number of hydrogen-bond donors (Lipinski definition) is 1. The van der Waals surface area contributed by atoms with Crippen molar-refractivity contribution in [3.8, 4) is 6.07 Å². The molecule has 2 heterocycles. The Balaban J connectivity index is 1.57. The van der Waals surface area contributed by atoms with Crippen LogP contribution in [0.15, 0.2) is 30.3 Å². The van der Waals surface area contributed by atoms with E-state index >= 15 is 0 Å². The summed E-state index contributed by atoms with van der Waals surface area (Å²) in [7, 11) is 0. The van der Waals surface area contributed by atoms with Crippen molar-refractivity contribution in [2.24, 2.45) is 11.3 Å². The number of aromatic nitrogens is 1. The lowest BCUT2D eigenvalue weighted by molar-refractivity contribution is -0.116. The summed E-state index contributed by atoms with van der Waals surface area (Å²) in [6, 6.07) is 12.5. The van der Waals surface area contributed by atoms with Crippen LogP contribution in [-0.4, -0.2) is 10.5 Å². The Bertz CT molecular complexity index is 1120. The van der Waals surface area contributed by atoms with Crippen LogP contribution in [0.4, 0.5) is 5.00 Å². The monoisotopic (exact) mass is 405 g/mol. The first kappa shape index (κ1) is 19.7. The largest absolute Gasteiger partial charge is 0.335 e. The van der Waals surface area contributed by atoms with E-state index in [9.17, 15) is 10.1 Å². The molecule has 5 heteroatoms. The Kier molecular flexibility index (Phi) is 5.00. The Morgan fingerprint density at radius 2 is 2.10 bits per heavy atom. The molecule has 2 aromatic heterocycles. The number of nitrogens with one attached hydrogen (secondary N) is 1. The average molecular weight is 406 g/mol. The summed E-state index contributed by atoms with van der Waals surface area (Å²) in [5.74, 6) is 0.523. The van der Waals surface area contributed by atoms with Crippen LogP contribution >= 0.6 is 11.3 Å². The Morgan fingerprint density at radius 1 is 1.34 bits per heavy atom. The van der Waals surface area contributed by atoms with Gasteiger partial charge in [0, 0.05) is 16.1 Å². The summed E-state index contributed by atoms with van der Waals surface area (Å²) >= 11 is 1.59. The molecule has 0 saturated heterocycles. The van der Waals surface area contributed by atoms with Crippen molar-refractivity contribution in [1.29, 1.82) is 5.26 Å². The van der Waals surface area contributed by atoms with E-state index in [1.165, 1.54) is 4.88 Å². The fourth-order valence-corrected chi connectivity index (χ4v) is 5.69. The number of hydrogen-bond acceptors (Lipinski definition) is 3. The van der Waals surface area contributed by atoms with Crippen molar-refractivity contribution in [2.45, 2.75) is 53.5 Å². The molecule has 0 radical (unpaired) electrons. The molecule has 4 rings (SSSR count). The molecule has 1 atom stereocenters. The highest BCUT2D eigenvalue weighted by Gasteiger charge is 2.32. The highest BCUT2D eigenvalue weighted by molar-refractivity contribution is 7.16. The third-order valence-electron chi connectivity index (χ3n) is 6.17. The number of nitriles is 1. The molecule has 0 saturated carbocycles. The van der Waals surface area contributed by atoms with Crippen LogP contribution < -0.4 is 5.32 Å². The zero-order chi connectivity index (χ0) is 20.8. The van der Waals surface area contributed by atoms with Crippen LogP contribution in [0.1, 0.15) is 48.9 Å². The third kappa shape index (κ3) is 3.70. The SMILES string of the molecule is Cc1cc2ccccc2n1CC(=O)Nc1sc2c(c1C#N)CCC(C(C)(C)C)C2. The number of carbonyl (C=O) groups is 1. The van der Waals surface area contributed by atoms with E-state index in [-0.39, 0.29) is 17.9 Å². The number of amides is 1. The van der Waals surface area contributed by atoms with Gasteiger partial charge in [0.25, 0.3) is 0 Å². The van der Waals surface area contributed by atoms with Crippen molar-refractivity contribution in [3.05, 3.63) is 52.0 Å². The lowest BCUT2D eigenvalue weighted by Gasteiger charge is -2.33. The topological polar surface area (TPSA) is 57.8 Å². The van der Waals surface area contributed by atoms with Crippen molar-refractivity contribution in [1.82, 2.24) is 4.57 Å². The van der Waals surface area contributed by atoms with Crippen molar-refractivity contribution in [3.63, 3.8) is 0 Å². The lowest BCUT2D eigenvalue weighted by atomic mass is 9.72. The van der Waals surface area contributed by atoms with Gasteiger partial charge >= 0.3 is 0 Å². The molecule has 1 unspecified atom stereocenters. The van der Waals surface area contributed by atoms with Crippen LogP contribution in [0, 0.1) is 29.6 Å². The first-order chi connectivity index (χ1) is 13.8. The second-order valence-corrected chi connectivity index (χ2v) is 10.2. The number of rotatable bonds is 3. The maximum Gasteiger partial charge on any atom is 0.244 e. The summed E-state index contributed by atoms with van der Waals surface area (Å²) in [4.78, 5) is 14.1. The van der Waals surface area contributed by atoms with Crippen LogP contribution in [0.2, 0.25) is 0 Å². The molecule has 1 aliphatic rings. The van der Waals surface area contributed by atoms with Gasteiger partial charge in [-0.25, -0.2) is 0 Å². The predicted molar refractivity (Wildman–Crippen MR) is 119 cm³/mol. The minimum absolute atomic E-state index is 0.0862. The Labute approximate surface area is 176 Å². The van der Waals surface area contributed by atoms with Gasteiger partial charge in [0.2, 0.25) is 5.91 Å². The normalized spacial score (nSPS) is 16.4. The number of thiophene rings is 1. The second kappa shape index (κ2) is 7.35. The number of anilines is 1. The standard InChI is InChI=1S/C24H27N3OS/c1-15-11-16-7-5-6-8-20(16)27(15)14-22(28)26-23-19(13-25)18-10-9-17(24(2,3)4)12-21(18)29-23/h5-8,11,17H,9-10,12,14H2,1-4H3,(H,26,28). The van der Waals surface area contributed by atoms with Crippen LogP contribution in [-0.2, 0) is 24.2 Å². The highest BCUT2D eigenvalue weighted by atomic mass is 32.1. The summed E-state index contributed by atoms with van der Waals surface area (Å²) in [5, 5.41) is 14.6. The van der Waals surface area contributed by atoms with E-state index in [0.29, 0.717) is 16.5 Å². The van der Waals surface area contributed by atoms with Crippen molar-refractivity contribution in [2.75, 3.05) is 5.32 Å². The van der Waals surface area contributed by atoms with Gasteiger partial charge in [-0.15, -0.1) is 11.3 Å². The highest BCUT2D eigenvalue weighted by Crippen LogP contribution is 2.44. The predicted octanol–water partition coefficient (Wildman–Crippen LogP) is 5.67. The molecule has 0 aliphatic heterocycles. The van der Waals surface area contributed by atoms with Gasteiger partial charge in [0.15, 0.2) is 0 Å². The van der Waals surface area contributed by atoms with Gasteiger partial charge in [-0.3, -0.25) is 4.79 Å². The lowest BCUT2D eigenvalue weighted by Crippen LogP contribution is -2.26. The average Bonchev–Trinajstić information content (AvgIpc) is 3.17. The molecule has 0 spiro atoms. The fourth-order valence-electron chi connectivity index (χ4n) is 4.40. The molecular weight excluding hydrogens is 378 g/mol. The minimum Gasteiger partial charge on any atom is -0.335 e. The van der Waals surface area contributed by atoms with Crippen LogP contribution in [0.25, 0.3) is 10.9 Å². The molecule has 1 aromatic carbocycles. The number of aryl methyl sites for hydroxylation is 1. The first-order valence-electron chi connectivity index (χ1n) is 10.2. The third-order valence-corrected chi connectivity index (χ3v) is 7.34. The summed E-state index contributed by atoms with van der Waals surface area (Å²) in [6.07, 6.45) is 3.02. The number of carbonyl (C=O) groups excluding carboxylic acids is 1. The van der Waals surface area contributed by atoms with E-state index in [0.717, 1.165) is 41.4 Å². The summed E-state index contributed by atoms with van der Waals surface area (Å²) < 4.78 is 2.03. The summed E-state index contributed by atoms with van der Waals surface area (Å²) in [6.45, 7) is 9.12. The maximum atomic E-state index is 12.8. The van der Waals surface area contributed by atoms with E-state index in [4.69, 9.17) is 0 Å². The molecule has 3 aromatic rings. The molecule has 0 bridgehead atoms. The zero-order valence-electron chi connectivity index (χ0n) is 17.5. The quantitative estimate of drug-likeness (QED) is 0.610. The second-order valence-electron chi connectivity index (χ2n) is 9.10. The molecule has 0 fully saturated rings. The van der Waals surface area contributed by atoms with Gasteiger partial charge in [-0.05, 0) is 60.6 Å². The Morgan fingerprint density at radius 3 is 2.83 bits per heavy atom. The maximum absolute atomic E-state index is 12.8. The molecule has 150 valence electrons. The first-order valence-corrected chi connectivity index (χ1v) is 11.0. The molecule has 29 heavy (non-hydrogen) atoms. The fraction of sp³-hybridized carbons (Fsp3) is 0.417. The number of benzene rings is 1. The van der Waals surface area contributed by atoms with Crippen molar-refractivity contribution >= 4 is 33.1 Å². The van der Waals surface area contributed by atoms with Gasteiger partial charge in [-0.1, -0.05) is 39.0 Å². The van der Waals surface area contributed by atoms with E-state index < -0.39 is 0 Å². The minimum atomic E-state index is -0.0862. The summed E-state index contributed by atoms with van der Waals surface area (Å²) in [5.41, 5.74) is 4.18. The van der Waals surface area contributed by atoms with Gasteiger partial charge in [-0.2, -0.15) is 5.26 Å². The van der Waals surface area contributed by atoms with Gasteiger partial charge < -0.3 is 9.88 Å². The number of nitrogens with zero attached hydrogens (tertiary/aromatic N) is 2. The van der Waals surface area contributed by atoms with E-state index in [2.05, 4.69) is 44.3 Å². The zero-order valence-corrected chi connectivity index (χ0v) is 18.3. The molecule has 4 nitrogen and oxygen atoms in total. The van der Waals surface area contributed by atoms with Crippen LogP contribution in [0.5, 0.6) is 0 Å². The Hall–Kier alpha value is -2.58. The molecule has 1 aliphatic carbocycles. The van der Waals surface area contributed by atoms with Gasteiger partial charge in [0.05, 0.1) is 5.56 Å². The molecular formula is C24H27N3OS. The van der Waals surface area contributed by atoms with Crippen LogP contribution in [0.3, 0.4) is 0 Å².